The maximum Gasteiger partial charge on any atom is 0.253 e. The number of amides is 2. The molecule has 2 rings (SSSR count). The van der Waals surface area contributed by atoms with Crippen LogP contribution in [-0.2, 0) is 4.79 Å². The number of nitrogens with one attached hydrogen (secondary N) is 1. The van der Waals surface area contributed by atoms with Gasteiger partial charge in [0.05, 0.1) is 0 Å². The van der Waals surface area contributed by atoms with E-state index in [4.69, 9.17) is 0 Å². The molecule has 0 aliphatic carbocycles. The molecule has 1 saturated heterocycles. The molecule has 0 spiro atoms. The van der Waals surface area contributed by atoms with Crippen LogP contribution < -0.4 is 5.32 Å². The Balaban J connectivity index is 2.01. The van der Waals surface area contributed by atoms with Crippen LogP contribution in [0.4, 0.5) is 0 Å². The minimum Gasteiger partial charge on any atom is -0.508 e. The van der Waals surface area contributed by atoms with E-state index < -0.39 is 0 Å². The number of phenols is 1. The van der Waals surface area contributed by atoms with Gasteiger partial charge in [-0.05, 0) is 43.5 Å². The number of aryl methyl sites for hydroxylation is 1. The van der Waals surface area contributed by atoms with Crippen molar-refractivity contribution >= 4 is 11.8 Å². The fourth-order valence-corrected chi connectivity index (χ4v) is 2.52. The molecule has 20 heavy (non-hydrogen) atoms. The number of nitrogens with zero attached hydrogens (tertiary/aromatic N) is 1. The van der Waals surface area contributed by atoms with Gasteiger partial charge in [0.2, 0.25) is 5.91 Å². The van der Waals surface area contributed by atoms with Crippen LogP contribution in [0.2, 0.25) is 0 Å². The Hall–Kier alpha value is -2.04. The van der Waals surface area contributed by atoms with E-state index in [1.807, 2.05) is 0 Å². The van der Waals surface area contributed by atoms with E-state index in [0.717, 1.165) is 0 Å². The maximum absolute atomic E-state index is 12.4. The first kappa shape index (κ1) is 14.4. The van der Waals surface area contributed by atoms with Crippen LogP contribution in [0.5, 0.6) is 5.75 Å². The number of carbonyl (C=O) groups excluding carboxylic acids is 2. The lowest BCUT2D eigenvalue weighted by atomic mass is 9.95. The normalized spacial score (nSPS) is 16.0. The molecule has 1 heterocycles. The molecule has 0 unspecified atom stereocenters. The maximum atomic E-state index is 12.4. The highest BCUT2D eigenvalue weighted by atomic mass is 16.3. The third-order valence-electron chi connectivity index (χ3n) is 3.84. The largest absolute Gasteiger partial charge is 0.508 e. The number of piperidine rings is 1. The highest BCUT2D eigenvalue weighted by Gasteiger charge is 2.27. The molecule has 0 radical (unpaired) electrons. The van der Waals surface area contributed by atoms with Crippen LogP contribution in [-0.4, -0.2) is 42.0 Å². The molecule has 2 amide bonds. The first-order valence-electron chi connectivity index (χ1n) is 6.83. The van der Waals surface area contributed by atoms with E-state index in [1.165, 1.54) is 0 Å². The third-order valence-corrected chi connectivity index (χ3v) is 3.84. The smallest absolute Gasteiger partial charge is 0.253 e. The zero-order valence-corrected chi connectivity index (χ0v) is 11.8. The van der Waals surface area contributed by atoms with Crippen molar-refractivity contribution in [3.63, 3.8) is 0 Å². The van der Waals surface area contributed by atoms with Gasteiger partial charge in [-0.2, -0.15) is 0 Å². The molecule has 1 aliphatic heterocycles. The van der Waals surface area contributed by atoms with Gasteiger partial charge in [0.1, 0.15) is 5.75 Å². The van der Waals surface area contributed by atoms with Crippen LogP contribution in [0, 0.1) is 12.8 Å². The summed E-state index contributed by atoms with van der Waals surface area (Å²) in [6, 6.07) is 4.87. The SMILES string of the molecule is CNC(=O)C1CCN(C(=O)c2ccc(O)c(C)c2)CC1. The molecule has 0 aromatic heterocycles. The first-order chi connectivity index (χ1) is 9.52. The second-order valence-corrected chi connectivity index (χ2v) is 5.18. The molecular formula is C15H20N2O3. The van der Waals surface area contributed by atoms with Crippen molar-refractivity contribution in [3.05, 3.63) is 29.3 Å². The van der Waals surface area contributed by atoms with Gasteiger partial charge in [0.15, 0.2) is 0 Å². The van der Waals surface area contributed by atoms with E-state index in [9.17, 15) is 14.7 Å². The molecule has 2 N–H and O–H groups in total. The second-order valence-electron chi connectivity index (χ2n) is 5.18. The minimum atomic E-state index is -0.0385. The van der Waals surface area contributed by atoms with Crippen molar-refractivity contribution in [1.82, 2.24) is 10.2 Å². The minimum absolute atomic E-state index is 0.00519. The number of hydrogen-bond donors (Lipinski definition) is 2. The van der Waals surface area contributed by atoms with Crippen LogP contribution in [0.25, 0.3) is 0 Å². The van der Waals surface area contributed by atoms with Gasteiger partial charge in [-0.25, -0.2) is 0 Å². The Morgan fingerprint density at radius 3 is 2.50 bits per heavy atom. The van der Waals surface area contributed by atoms with E-state index in [2.05, 4.69) is 5.32 Å². The molecule has 5 nitrogen and oxygen atoms in total. The number of carbonyl (C=O) groups is 2. The summed E-state index contributed by atoms with van der Waals surface area (Å²) in [5.41, 5.74) is 1.27. The number of likely N-dealkylation sites (tertiary alicyclic amines) is 1. The van der Waals surface area contributed by atoms with E-state index in [0.29, 0.717) is 37.1 Å². The van der Waals surface area contributed by atoms with Crippen LogP contribution in [0.3, 0.4) is 0 Å². The van der Waals surface area contributed by atoms with E-state index in [-0.39, 0.29) is 23.5 Å². The second kappa shape index (κ2) is 5.94. The lowest BCUT2D eigenvalue weighted by Gasteiger charge is -2.31. The average Bonchev–Trinajstić information content (AvgIpc) is 2.48. The Morgan fingerprint density at radius 2 is 1.95 bits per heavy atom. The molecule has 0 bridgehead atoms. The summed E-state index contributed by atoms with van der Waals surface area (Å²) < 4.78 is 0. The first-order valence-corrected chi connectivity index (χ1v) is 6.83. The van der Waals surface area contributed by atoms with Gasteiger partial charge < -0.3 is 15.3 Å². The summed E-state index contributed by atoms with van der Waals surface area (Å²) in [5, 5.41) is 12.1. The predicted molar refractivity (Wildman–Crippen MR) is 75.5 cm³/mol. The predicted octanol–water partition coefficient (Wildman–Crippen LogP) is 1.30. The Kier molecular flexibility index (Phi) is 4.27. The summed E-state index contributed by atoms with van der Waals surface area (Å²) in [6.45, 7) is 2.96. The van der Waals surface area contributed by atoms with Crippen LogP contribution >= 0.6 is 0 Å². The fraction of sp³-hybridized carbons (Fsp3) is 0.467. The monoisotopic (exact) mass is 276 g/mol. The molecule has 108 valence electrons. The lowest BCUT2D eigenvalue weighted by Crippen LogP contribution is -2.42. The summed E-state index contributed by atoms with van der Waals surface area (Å²) in [7, 11) is 1.64. The molecule has 0 atom stereocenters. The Morgan fingerprint density at radius 1 is 1.30 bits per heavy atom. The van der Waals surface area contributed by atoms with Gasteiger partial charge in [-0.15, -0.1) is 0 Å². The number of phenolic OH excluding ortho intramolecular Hbond substituents is 1. The lowest BCUT2D eigenvalue weighted by molar-refractivity contribution is -0.125. The quantitative estimate of drug-likeness (QED) is 0.855. The van der Waals surface area contributed by atoms with Gasteiger partial charge in [0, 0.05) is 31.6 Å². The average molecular weight is 276 g/mol. The van der Waals surface area contributed by atoms with Gasteiger partial charge in [0.25, 0.3) is 5.91 Å². The Bertz CT molecular complexity index is 520. The summed E-state index contributed by atoms with van der Waals surface area (Å²) >= 11 is 0. The van der Waals surface area contributed by atoms with Crippen LogP contribution in [0.15, 0.2) is 18.2 Å². The number of hydrogen-bond acceptors (Lipinski definition) is 3. The van der Waals surface area contributed by atoms with E-state index in [1.54, 1.807) is 37.1 Å². The summed E-state index contributed by atoms with van der Waals surface area (Å²) in [5.74, 6) is 0.214. The van der Waals surface area contributed by atoms with Crippen molar-refractivity contribution in [2.24, 2.45) is 5.92 Å². The summed E-state index contributed by atoms with van der Waals surface area (Å²) in [6.07, 6.45) is 1.39. The number of rotatable bonds is 2. The fourth-order valence-electron chi connectivity index (χ4n) is 2.52. The standard InChI is InChI=1S/C15H20N2O3/c1-10-9-12(3-4-13(10)18)15(20)17-7-5-11(6-8-17)14(19)16-2/h3-4,9,11,18H,5-8H2,1-2H3,(H,16,19). The third kappa shape index (κ3) is 2.92. The molecule has 5 heteroatoms. The van der Waals surface area contributed by atoms with E-state index >= 15 is 0 Å². The van der Waals surface area contributed by atoms with Gasteiger partial charge in [-0.1, -0.05) is 0 Å². The molecule has 1 aliphatic rings. The Labute approximate surface area is 118 Å². The van der Waals surface area contributed by atoms with Crippen molar-refractivity contribution < 1.29 is 14.7 Å². The molecular weight excluding hydrogens is 256 g/mol. The van der Waals surface area contributed by atoms with Crippen molar-refractivity contribution in [2.75, 3.05) is 20.1 Å². The molecule has 1 aromatic carbocycles. The highest BCUT2D eigenvalue weighted by molar-refractivity contribution is 5.94. The molecule has 1 aromatic rings. The van der Waals surface area contributed by atoms with Crippen LogP contribution in [0.1, 0.15) is 28.8 Å². The zero-order chi connectivity index (χ0) is 14.7. The topological polar surface area (TPSA) is 69.6 Å². The number of aromatic hydroxyl groups is 1. The van der Waals surface area contributed by atoms with Crippen molar-refractivity contribution in [1.29, 1.82) is 0 Å². The van der Waals surface area contributed by atoms with Gasteiger partial charge >= 0.3 is 0 Å². The molecule has 0 saturated carbocycles. The zero-order valence-electron chi connectivity index (χ0n) is 11.8. The van der Waals surface area contributed by atoms with Crippen molar-refractivity contribution in [3.8, 4) is 5.75 Å². The highest BCUT2D eigenvalue weighted by Crippen LogP contribution is 2.22. The van der Waals surface area contributed by atoms with Gasteiger partial charge in [-0.3, -0.25) is 9.59 Å². The number of benzene rings is 1. The van der Waals surface area contributed by atoms with Crippen molar-refractivity contribution in [2.45, 2.75) is 19.8 Å². The summed E-state index contributed by atoms with van der Waals surface area (Å²) in [4.78, 5) is 25.7. The molecule has 1 fully saturated rings.